The van der Waals surface area contributed by atoms with E-state index in [1.54, 1.807) is 0 Å². The maximum Gasteiger partial charge on any atom is 0.328 e. The van der Waals surface area contributed by atoms with Crippen LogP contribution in [0.5, 0.6) is 0 Å². The number of ether oxygens (including phenoxy) is 1. The molecule has 3 atom stereocenters. The third kappa shape index (κ3) is 30.2. The van der Waals surface area contributed by atoms with Gasteiger partial charge in [0.1, 0.15) is 12.1 Å². The molecule has 6 nitrogen and oxygen atoms in total. The minimum atomic E-state index is -0.966. The molecule has 47 heavy (non-hydrogen) atoms. The van der Waals surface area contributed by atoms with Crippen LogP contribution in [-0.2, 0) is 19.1 Å². The second-order valence-corrected chi connectivity index (χ2v) is 14.4. The third-order valence-corrected chi connectivity index (χ3v) is 9.83. The van der Waals surface area contributed by atoms with E-state index < -0.39 is 18.0 Å². The van der Waals surface area contributed by atoms with Crippen molar-refractivity contribution >= 4 is 17.8 Å². The van der Waals surface area contributed by atoms with Gasteiger partial charge in [-0.1, -0.05) is 182 Å². The van der Waals surface area contributed by atoms with Crippen molar-refractivity contribution in [3.8, 4) is 0 Å². The standard InChI is InChI=1S/C41H79NO5/c1-5-9-12-15-18-20-22-25-28-31-37(35-36(8-4)30-27-24-17-14-11-7-3)47-41(46)38(33-34-40(44)45)42-39(43)32-29-26-23-21-19-16-13-10-6-2/h36-38H,5-35H2,1-4H3,(H,42,43)(H,44,45)/t36?,37?,38-/m0/s1. The van der Waals surface area contributed by atoms with Gasteiger partial charge in [0.2, 0.25) is 5.91 Å². The maximum atomic E-state index is 13.5. The number of carboxylic acids is 1. The Labute approximate surface area is 291 Å². The molecule has 0 aliphatic rings. The zero-order valence-corrected chi connectivity index (χ0v) is 31.7. The second-order valence-electron chi connectivity index (χ2n) is 14.4. The van der Waals surface area contributed by atoms with Gasteiger partial charge in [-0.2, -0.15) is 0 Å². The first-order chi connectivity index (χ1) is 22.9. The van der Waals surface area contributed by atoms with Gasteiger partial charge in [0.05, 0.1) is 0 Å². The number of aliphatic carboxylic acids is 1. The Balaban J connectivity index is 5.03. The number of rotatable bonds is 36. The molecule has 0 aromatic carbocycles. The van der Waals surface area contributed by atoms with E-state index in [9.17, 15) is 19.5 Å². The summed E-state index contributed by atoms with van der Waals surface area (Å²) in [6.07, 6.45) is 33.5. The van der Waals surface area contributed by atoms with Crippen molar-refractivity contribution in [2.24, 2.45) is 5.92 Å². The van der Waals surface area contributed by atoms with Crippen LogP contribution in [0.4, 0.5) is 0 Å². The molecule has 0 radical (unpaired) electrons. The number of nitrogens with one attached hydrogen (secondary N) is 1. The molecule has 2 unspecified atom stereocenters. The molecular weight excluding hydrogens is 586 g/mol. The monoisotopic (exact) mass is 666 g/mol. The van der Waals surface area contributed by atoms with Crippen LogP contribution in [0.25, 0.3) is 0 Å². The van der Waals surface area contributed by atoms with Gasteiger partial charge in [0, 0.05) is 12.8 Å². The van der Waals surface area contributed by atoms with E-state index in [0.717, 1.165) is 57.8 Å². The Hall–Kier alpha value is -1.59. The van der Waals surface area contributed by atoms with Crippen LogP contribution in [0.2, 0.25) is 0 Å². The number of amides is 1. The number of esters is 1. The summed E-state index contributed by atoms with van der Waals surface area (Å²) in [5.74, 6) is -1.09. The average Bonchev–Trinajstić information content (AvgIpc) is 3.05. The van der Waals surface area contributed by atoms with Crippen LogP contribution in [0, 0.1) is 5.92 Å². The fourth-order valence-electron chi connectivity index (χ4n) is 6.61. The van der Waals surface area contributed by atoms with E-state index in [2.05, 4.69) is 33.0 Å². The Morgan fingerprint density at radius 3 is 1.40 bits per heavy atom. The summed E-state index contributed by atoms with van der Waals surface area (Å²) in [7, 11) is 0. The normalized spacial score (nSPS) is 13.3. The highest BCUT2D eigenvalue weighted by atomic mass is 16.5. The predicted molar refractivity (Wildman–Crippen MR) is 199 cm³/mol. The highest BCUT2D eigenvalue weighted by Gasteiger charge is 2.27. The van der Waals surface area contributed by atoms with Crippen LogP contribution < -0.4 is 5.32 Å². The number of carboxylic acid groups (broad SMARTS) is 1. The minimum Gasteiger partial charge on any atom is -0.481 e. The number of hydrogen-bond acceptors (Lipinski definition) is 4. The van der Waals surface area contributed by atoms with Crippen molar-refractivity contribution in [1.82, 2.24) is 5.32 Å². The smallest absolute Gasteiger partial charge is 0.328 e. The van der Waals surface area contributed by atoms with Gasteiger partial charge in [0.25, 0.3) is 0 Å². The summed E-state index contributed by atoms with van der Waals surface area (Å²) in [6, 6.07) is -0.901. The maximum absolute atomic E-state index is 13.5. The van der Waals surface area contributed by atoms with Gasteiger partial charge in [-0.25, -0.2) is 4.79 Å². The van der Waals surface area contributed by atoms with Gasteiger partial charge in [-0.3, -0.25) is 9.59 Å². The van der Waals surface area contributed by atoms with Crippen LogP contribution in [0.15, 0.2) is 0 Å². The first kappa shape index (κ1) is 45.4. The number of hydrogen-bond donors (Lipinski definition) is 2. The molecule has 0 aromatic heterocycles. The first-order valence-electron chi connectivity index (χ1n) is 20.6. The molecular formula is C41H79NO5. The molecule has 0 heterocycles. The van der Waals surface area contributed by atoms with Crippen molar-refractivity contribution < 1.29 is 24.2 Å². The van der Waals surface area contributed by atoms with E-state index in [4.69, 9.17) is 4.74 Å². The van der Waals surface area contributed by atoms with E-state index >= 15 is 0 Å². The lowest BCUT2D eigenvalue weighted by Gasteiger charge is -2.26. The summed E-state index contributed by atoms with van der Waals surface area (Å²) >= 11 is 0. The van der Waals surface area contributed by atoms with E-state index in [1.807, 2.05) is 0 Å². The highest BCUT2D eigenvalue weighted by molar-refractivity contribution is 5.85. The zero-order valence-electron chi connectivity index (χ0n) is 31.7. The number of carbonyl (C=O) groups is 3. The largest absolute Gasteiger partial charge is 0.481 e. The SMILES string of the molecule is CCCCCCCCCCCC(=O)N[C@@H](CCC(=O)O)C(=O)OC(CCCCCCCCCCC)CC(CC)CCCCCCCC. The van der Waals surface area contributed by atoms with Crippen molar-refractivity contribution in [2.45, 2.75) is 239 Å². The third-order valence-electron chi connectivity index (χ3n) is 9.83. The lowest BCUT2D eigenvalue weighted by molar-refractivity contribution is -0.155. The Kier molecular flexibility index (Phi) is 33.1. The van der Waals surface area contributed by atoms with Gasteiger partial charge < -0.3 is 15.2 Å². The molecule has 0 aliphatic heterocycles. The Bertz CT molecular complexity index is 727. The van der Waals surface area contributed by atoms with Crippen molar-refractivity contribution in [1.29, 1.82) is 0 Å². The highest BCUT2D eigenvalue weighted by Crippen LogP contribution is 2.25. The van der Waals surface area contributed by atoms with Gasteiger partial charge >= 0.3 is 11.9 Å². The van der Waals surface area contributed by atoms with E-state index in [1.165, 1.54) is 122 Å². The summed E-state index contributed by atoms with van der Waals surface area (Å²) in [4.78, 5) is 37.7. The molecule has 0 aromatic rings. The predicted octanol–water partition coefficient (Wildman–Crippen LogP) is 12.3. The fourth-order valence-corrected chi connectivity index (χ4v) is 6.61. The summed E-state index contributed by atoms with van der Waals surface area (Å²) in [5.41, 5.74) is 0. The van der Waals surface area contributed by atoms with Crippen molar-refractivity contribution in [3.05, 3.63) is 0 Å². The molecule has 0 saturated carbocycles. The summed E-state index contributed by atoms with van der Waals surface area (Å²) < 4.78 is 6.16. The molecule has 0 saturated heterocycles. The number of carbonyl (C=O) groups excluding carboxylic acids is 2. The Morgan fingerprint density at radius 1 is 0.532 bits per heavy atom. The van der Waals surface area contributed by atoms with E-state index in [-0.39, 0.29) is 24.9 Å². The average molecular weight is 666 g/mol. The first-order valence-corrected chi connectivity index (χ1v) is 20.6. The number of unbranched alkanes of at least 4 members (excludes halogenated alkanes) is 21. The molecule has 0 bridgehead atoms. The van der Waals surface area contributed by atoms with Crippen LogP contribution in [0.1, 0.15) is 227 Å². The summed E-state index contributed by atoms with van der Waals surface area (Å²) in [6.45, 7) is 8.97. The van der Waals surface area contributed by atoms with Crippen molar-refractivity contribution in [2.75, 3.05) is 0 Å². The minimum absolute atomic E-state index is 0.0668. The van der Waals surface area contributed by atoms with Gasteiger partial charge in [-0.15, -0.1) is 0 Å². The topological polar surface area (TPSA) is 92.7 Å². The molecule has 6 heteroatoms. The molecule has 1 amide bonds. The lowest BCUT2D eigenvalue weighted by atomic mass is 9.90. The van der Waals surface area contributed by atoms with Crippen LogP contribution >= 0.6 is 0 Å². The van der Waals surface area contributed by atoms with Gasteiger partial charge in [0.15, 0.2) is 0 Å². The zero-order chi connectivity index (χ0) is 34.8. The van der Waals surface area contributed by atoms with Crippen LogP contribution in [0.3, 0.4) is 0 Å². The molecule has 0 rings (SSSR count). The fraction of sp³-hybridized carbons (Fsp3) is 0.927. The molecule has 0 spiro atoms. The summed E-state index contributed by atoms with van der Waals surface area (Å²) in [5, 5.41) is 12.2. The van der Waals surface area contributed by atoms with E-state index in [0.29, 0.717) is 12.3 Å². The quantitative estimate of drug-likeness (QED) is 0.0513. The molecule has 0 aliphatic carbocycles. The lowest BCUT2D eigenvalue weighted by Crippen LogP contribution is -2.43. The second kappa shape index (κ2) is 34.3. The van der Waals surface area contributed by atoms with Gasteiger partial charge in [-0.05, 0) is 38.0 Å². The Morgan fingerprint density at radius 2 is 0.957 bits per heavy atom. The molecule has 0 fully saturated rings. The molecule has 2 N–H and O–H groups in total. The van der Waals surface area contributed by atoms with Crippen LogP contribution in [-0.4, -0.2) is 35.1 Å². The molecule has 278 valence electrons. The van der Waals surface area contributed by atoms with Crippen molar-refractivity contribution in [3.63, 3.8) is 0 Å².